The van der Waals surface area contributed by atoms with Gasteiger partial charge < -0.3 is 0 Å². The molecule has 2 unspecified atom stereocenters. The average Bonchev–Trinajstić information content (AvgIpc) is 3.02. The van der Waals surface area contributed by atoms with E-state index in [2.05, 4.69) is 57.8 Å². The molecule has 0 amide bonds. The lowest BCUT2D eigenvalue weighted by atomic mass is 9.91. The summed E-state index contributed by atoms with van der Waals surface area (Å²) in [6, 6.07) is 13.2. The monoisotopic (exact) mass is 354 g/mol. The van der Waals surface area contributed by atoms with Crippen LogP contribution in [0.1, 0.15) is 16.4 Å². The molecular weight excluding hydrogens is 340 g/mol. The van der Waals surface area contributed by atoms with Gasteiger partial charge in [0.1, 0.15) is 0 Å². The highest BCUT2D eigenvalue weighted by Crippen LogP contribution is 2.41. The summed E-state index contributed by atoms with van der Waals surface area (Å²) in [7, 11) is 0. The number of halogens is 1. The molecule has 1 aliphatic heterocycles. The SMILES string of the molecule is NNC(Cc1ccc(Br)s1)C1CSc2ccccc21. The normalized spacial score (nSPS) is 19.4. The summed E-state index contributed by atoms with van der Waals surface area (Å²) in [4.78, 5) is 2.77. The molecule has 0 saturated carbocycles. The lowest BCUT2D eigenvalue weighted by molar-refractivity contribution is 0.465. The molecule has 100 valence electrons. The number of thiophene rings is 1. The molecule has 0 radical (unpaired) electrons. The summed E-state index contributed by atoms with van der Waals surface area (Å²) in [5.74, 6) is 7.40. The van der Waals surface area contributed by atoms with Crippen LogP contribution in [0.4, 0.5) is 0 Å². The van der Waals surface area contributed by atoms with Crippen LogP contribution in [-0.4, -0.2) is 11.8 Å². The van der Waals surface area contributed by atoms with Crippen molar-refractivity contribution in [2.75, 3.05) is 5.75 Å². The number of benzene rings is 1. The largest absolute Gasteiger partial charge is 0.271 e. The lowest BCUT2D eigenvalue weighted by Crippen LogP contribution is -2.41. The number of rotatable bonds is 4. The van der Waals surface area contributed by atoms with Crippen molar-refractivity contribution in [1.29, 1.82) is 0 Å². The highest BCUT2D eigenvalue weighted by molar-refractivity contribution is 9.11. The predicted molar refractivity (Wildman–Crippen MR) is 86.7 cm³/mol. The molecule has 2 atom stereocenters. The molecule has 1 aromatic heterocycles. The third-order valence-corrected chi connectivity index (χ3v) is 6.34. The zero-order valence-corrected chi connectivity index (χ0v) is 13.5. The number of nitrogens with one attached hydrogen (secondary N) is 1. The highest BCUT2D eigenvalue weighted by Gasteiger charge is 2.29. The Morgan fingerprint density at radius 1 is 1.32 bits per heavy atom. The van der Waals surface area contributed by atoms with Gasteiger partial charge in [-0.1, -0.05) is 18.2 Å². The number of hydrogen-bond donors (Lipinski definition) is 2. The first kappa shape index (κ1) is 13.6. The van der Waals surface area contributed by atoms with E-state index in [4.69, 9.17) is 5.84 Å². The van der Waals surface area contributed by atoms with Gasteiger partial charge in [-0.25, -0.2) is 0 Å². The van der Waals surface area contributed by atoms with Crippen molar-refractivity contribution in [3.05, 3.63) is 50.6 Å². The molecule has 1 aliphatic rings. The van der Waals surface area contributed by atoms with E-state index < -0.39 is 0 Å². The fraction of sp³-hybridized carbons (Fsp3) is 0.286. The van der Waals surface area contributed by atoms with Crippen LogP contribution in [0.3, 0.4) is 0 Å². The van der Waals surface area contributed by atoms with Crippen molar-refractivity contribution in [2.45, 2.75) is 23.3 Å². The molecule has 3 N–H and O–H groups in total. The molecule has 0 aliphatic carbocycles. The second kappa shape index (κ2) is 5.97. The molecule has 0 saturated heterocycles. The predicted octanol–water partition coefficient (Wildman–Crippen LogP) is 3.77. The third-order valence-electron chi connectivity index (χ3n) is 3.49. The van der Waals surface area contributed by atoms with E-state index in [-0.39, 0.29) is 0 Å². The van der Waals surface area contributed by atoms with Crippen LogP contribution in [0.5, 0.6) is 0 Å². The molecule has 5 heteroatoms. The summed E-state index contributed by atoms with van der Waals surface area (Å²) < 4.78 is 1.18. The Bertz CT molecular complexity index is 570. The van der Waals surface area contributed by atoms with Gasteiger partial charge in [-0.05, 0) is 46.1 Å². The van der Waals surface area contributed by atoms with Gasteiger partial charge in [0.25, 0.3) is 0 Å². The first-order valence-corrected chi connectivity index (χ1v) is 8.79. The van der Waals surface area contributed by atoms with Crippen LogP contribution < -0.4 is 11.3 Å². The molecule has 2 nitrogen and oxygen atoms in total. The van der Waals surface area contributed by atoms with Crippen molar-refractivity contribution >= 4 is 39.0 Å². The van der Waals surface area contributed by atoms with Gasteiger partial charge in [0.2, 0.25) is 0 Å². The summed E-state index contributed by atoms with van der Waals surface area (Å²) in [5.41, 5.74) is 4.46. The topological polar surface area (TPSA) is 38.0 Å². The van der Waals surface area contributed by atoms with Crippen LogP contribution in [0, 0.1) is 0 Å². The average molecular weight is 355 g/mol. The summed E-state index contributed by atoms with van der Waals surface area (Å²) in [6.45, 7) is 0. The molecular formula is C14H15BrN2S2. The van der Waals surface area contributed by atoms with Crippen molar-refractivity contribution < 1.29 is 0 Å². The molecule has 0 fully saturated rings. The van der Waals surface area contributed by atoms with Crippen molar-refractivity contribution in [1.82, 2.24) is 5.43 Å². The van der Waals surface area contributed by atoms with Crippen molar-refractivity contribution in [2.24, 2.45) is 5.84 Å². The quantitative estimate of drug-likeness (QED) is 0.648. The van der Waals surface area contributed by atoms with E-state index in [0.717, 1.165) is 12.2 Å². The first-order valence-electron chi connectivity index (χ1n) is 6.20. The molecule has 0 bridgehead atoms. The second-order valence-corrected chi connectivity index (χ2v) is 8.25. The van der Waals surface area contributed by atoms with Gasteiger partial charge in [0.15, 0.2) is 0 Å². The molecule has 1 aromatic carbocycles. The van der Waals surface area contributed by atoms with Crippen molar-refractivity contribution in [3.8, 4) is 0 Å². The van der Waals surface area contributed by atoms with E-state index in [1.54, 1.807) is 11.3 Å². The third kappa shape index (κ3) is 2.90. The Labute approximate surface area is 129 Å². The van der Waals surface area contributed by atoms with Crippen LogP contribution in [-0.2, 0) is 6.42 Å². The maximum Gasteiger partial charge on any atom is 0.0701 e. The Morgan fingerprint density at radius 2 is 2.16 bits per heavy atom. The number of nitrogens with two attached hydrogens (primary N) is 1. The van der Waals surface area contributed by atoms with Crippen molar-refractivity contribution in [3.63, 3.8) is 0 Å². The van der Waals surface area contributed by atoms with Crippen LogP contribution in [0.25, 0.3) is 0 Å². The number of thioether (sulfide) groups is 1. The van der Waals surface area contributed by atoms with Gasteiger partial charge in [0, 0.05) is 27.5 Å². The summed E-state index contributed by atoms with van der Waals surface area (Å²) in [6.07, 6.45) is 0.978. The van der Waals surface area contributed by atoms with Crippen LogP contribution in [0.2, 0.25) is 0 Å². The maximum absolute atomic E-state index is 5.80. The fourth-order valence-corrected chi connectivity index (χ4v) is 5.39. The summed E-state index contributed by atoms with van der Waals surface area (Å²) in [5, 5.41) is 0. The molecule has 2 aromatic rings. The van der Waals surface area contributed by atoms with Gasteiger partial charge in [-0.2, -0.15) is 0 Å². The minimum Gasteiger partial charge on any atom is -0.271 e. The van der Waals surface area contributed by atoms with Gasteiger partial charge >= 0.3 is 0 Å². The molecule has 3 rings (SSSR count). The fourth-order valence-electron chi connectivity index (χ4n) is 2.52. The zero-order valence-electron chi connectivity index (χ0n) is 10.3. The smallest absolute Gasteiger partial charge is 0.0701 e. The maximum atomic E-state index is 5.80. The van der Waals surface area contributed by atoms with E-state index in [9.17, 15) is 0 Å². The van der Waals surface area contributed by atoms with E-state index in [1.807, 2.05) is 11.8 Å². The van der Waals surface area contributed by atoms with Crippen LogP contribution in [0.15, 0.2) is 45.1 Å². The molecule has 19 heavy (non-hydrogen) atoms. The Balaban J connectivity index is 1.80. The Morgan fingerprint density at radius 3 is 2.89 bits per heavy atom. The first-order chi connectivity index (χ1) is 9.28. The van der Waals surface area contributed by atoms with Crippen LogP contribution >= 0.6 is 39.0 Å². The second-order valence-electron chi connectivity index (χ2n) is 4.64. The number of fused-ring (bicyclic) bond motifs is 1. The zero-order chi connectivity index (χ0) is 13.2. The Hall–Kier alpha value is -0.330. The van der Waals surface area contributed by atoms with E-state index in [0.29, 0.717) is 12.0 Å². The number of hydrazine groups is 1. The van der Waals surface area contributed by atoms with Gasteiger partial charge in [-0.15, -0.1) is 23.1 Å². The summed E-state index contributed by atoms with van der Waals surface area (Å²) >= 11 is 7.24. The van der Waals surface area contributed by atoms with E-state index >= 15 is 0 Å². The molecule has 2 heterocycles. The molecule has 0 spiro atoms. The lowest BCUT2D eigenvalue weighted by Gasteiger charge is -2.22. The standard InChI is InChI=1S/C14H15BrN2S2/c15-14-6-5-9(19-14)7-12(17-16)11-8-18-13-4-2-1-3-10(11)13/h1-6,11-12,17H,7-8,16H2. The minimum atomic E-state index is 0.293. The number of hydrogen-bond acceptors (Lipinski definition) is 4. The van der Waals surface area contributed by atoms with Gasteiger partial charge in [-0.3, -0.25) is 11.3 Å². The highest BCUT2D eigenvalue weighted by atomic mass is 79.9. The van der Waals surface area contributed by atoms with E-state index in [1.165, 1.54) is 19.1 Å². The minimum absolute atomic E-state index is 0.293. The van der Waals surface area contributed by atoms with Gasteiger partial charge in [0.05, 0.1) is 3.79 Å². The Kier molecular flexibility index (Phi) is 4.29.